The van der Waals surface area contributed by atoms with Crippen LogP contribution >= 0.6 is 24.5 Å². The number of hydrogen-bond acceptors (Lipinski definition) is 27. The first kappa shape index (κ1) is 99.2. The maximum absolute atomic E-state index is 16.2. The largest absolute Gasteiger partial charge is 0.469 e. The summed E-state index contributed by atoms with van der Waals surface area (Å²) >= 11 is 0. The second kappa shape index (κ2) is 43.1. The van der Waals surface area contributed by atoms with Gasteiger partial charge in [0.05, 0.1) is 67.8 Å². The number of aliphatic hydroxyl groups is 3. The number of pyridine rings is 4. The molecule has 1 unspecified atom stereocenters. The number of piperazine rings is 2. The highest BCUT2D eigenvalue weighted by Gasteiger charge is 2.59. The molecule has 694 valence electrons. The lowest BCUT2D eigenvalue weighted by atomic mass is 9.84. The van der Waals surface area contributed by atoms with Crippen molar-refractivity contribution in [3.8, 4) is 33.9 Å². The predicted octanol–water partition coefficient (Wildman–Crippen LogP) is 12.9. The summed E-state index contributed by atoms with van der Waals surface area (Å²) in [5, 5.41) is 65.2. The number of phosphoric acid groups is 1. The number of anilines is 4. The molecule has 2 aliphatic heterocycles. The summed E-state index contributed by atoms with van der Waals surface area (Å²) in [4.78, 5) is 71.0. The van der Waals surface area contributed by atoms with E-state index in [1.54, 1.807) is 45.3 Å². The molecule has 7 atom stereocenters. The molecule has 46 heteroatoms. The van der Waals surface area contributed by atoms with Crippen LogP contribution in [0.25, 0.3) is 33.9 Å². The smallest absolute Gasteiger partial charge is 0.397 e. The minimum atomic E-state index is -4.77. The van der Waals surface area contributed by atoms with E-state index in [2.05, 4.69) is 89.8 Å². The summed E-state index contributed by atoms with van der Waals surface area (Å²) in [5.41, 5.74) is -3.93. The lowest BCUT2D eigenvalue weighted by molar-refractivity contribution is -0.207. The second-order valence-corrected chi connectivity index (χ2v) is 33.4. The predicted molar refractivity (Wildman–Crippen MR) is 470 cm³/mol. The summed E-state index contributed by atoms with van der Waals surface area (Å²) in [6.07, 6.45) is 9.72. The molecular weight excluding hydrogens is 1780 g/mol. The Bertz CT molecular complexity index is 6090. The Morgan fingerprint density at radius 3 is 1.18 bits per heavy atom. The van der Waals surface area contributed by atoms with E-state index in [0.29, 0.717) is 111 Å². The van der Waals surface area contributed by atoms with Gasteiger partial charge in [0.1, 0.15) is 71.6 Å². The standard InChI is InChI=1S/C45H46F4N11O5P.C37H38F4N11O6P.C2H6O.CH4.H2NP/c1-4-40(31(2)65-66(3,63)64-27-32-8-6-5-7-9-32)60-43(61)59(30-53-60)42-19-16-37(26-51-42)57-22-20-56(21-23-57)36-14-10-33(11-15-36)34-12-18-41(50-25-34)45(48,49)44(62,28-58-29-52-54-55-58)38-17-13-35(46)24-39(38)47;1-3-32(24(2)58-59(55,56)57)52-35(53)51(23-45-52)34-13-10-29(20-43-34)49-16-14-48(15-17-49)28-8-4-25(5-9-28)26-6-12-33(42-19-26)37(40,41)36(54,21-50-22-44-46-47-50)30-11-7-27(38)18-31(30)39;1-2-3;;1-2/h5-19,24-26,29-31,40,62H,4,20-23,27-28H2,1-3H3;4-13,18-20,22-24,32,54H,3,14-17,21H2,1-2H3,(H2,55,56,57);3H,2H2,1H3;1H4;1-2H/t31-,40-,44-,66?;24-,32-,36-;;;/m00.../s1. The number of benzene rings is 5. The first-order valence-corrected chi connectivity index (χ1v) is 44.6. The molecule has 15 rings (SSSR count). The van der Waals surface area contributed by atoms with E-state index in [9.17, 15) is 56.3 Å². The Morgan fingerprint density at radius 1 is 0.489 bits per heavy atom. The number of tetrazole rings is 2. The highest BCUT2D eigenvalue weighted by molar-refractivity contribution is 7.53. The van der Waals surface area contributed by atoms with Gasteiger partial charge in [0.25, 0.3) is 0 Å². The molecule has 0 bridgehead atoms. The molecule has 6 N–H and O–H groups in total. The van der Waals surface area contributed by atoms with Gasteiger partial charge >= 0.3 is 38.6 Å². The molecule has 35 nitrogen and oxygen atoms in total. The Morgan fingerprint density at radius 2 is 0.855 bits per heavy atom. The first-order valence-electron chi connectivity index (χ1n) is 40.6. The van der Waals surface area contributed by atoms with Crippen LogP contribution in [0.2, 0.25) is 0 Å². The van der Waals surface area contributed by atoms with Crippen molar-refractivity contribution in [2.45, 2.75) is 122 Å². The molecule has 0 aliphatic carbocycles. The van der Waals surface area contributed by atoms with Crippen LogP contribution in [-0.4, -0.2) is 192 Å². The van der Waals surface area contributed by atoms with Gasteiger partial charge in [-0.15, -0.1) is 10.2 Å². The lowest BCUT2D eigenvalue weighted by Gasteiger charge is -2.37. The third-order valence-corrected chi connectivity index (χ3v) is 23.7. The quantitative estimate of drug-likeness (QED) is 0.0174. The minimum Gasteiger partial charge on any atom is -0.397 e. The molecule has 2 aliphatic rings. The van der Waals surface area contributed by atoms with Crippen LogP contribution in [-0.2, 0) is 65.4 Å². The molecule has 0 saturated carbocycles. The van der Waals surface area contributed by atoms with Gasteiger partial charge in [-0.25, -0.2) is 69.5 Å². The van der Waals surface area contributed by atoms with Crippen LogP contribution in [0.4, 0.5) is 57.9 Å². The Labute approximate surface area is 748 Å². The highest BCUT2D eigenvalue weighted by Crippen LogP contribution is 2.51. The average Bonchev–Trinajstić information content (AvgIpc) is 1.29. The molecular formula is C85H96F8N23O12P3. The van der Waals surface area contributed by atoms with E-state index in [-0.39, 0.29) is 20.6 Å². The van der Waals surface area contributed by atoms with Crippen molar-refractivity contribution < 1.29 is 82.9 Å². The molecule has 8 aromatic heterocycles. The van der Waals surface area contributed by atoms with Gasteiger partial charge in [-0.05, 0) is 165 Å². The summed E-state index contributed by atoms with van der Waals surface area (Å²) in [6.45, 7) is 13.9. The summed E-state index contributed by atoms with van der Waals surface area (Å²) in [6, 6.07) is 39.2. The molecule has 5 aromatic carbocycles. The summed E-state index contributed by atoms with van der Waals surface area (Å²) in [5.74, 6) is -12.4. The molecule has 0 radical (unpaired) electrons. The zero-order valence-corrected chi connectivity index (χ0v) is 73.6. The van der Waals surface area contributed by atoms with E-state index in [0.717, 1.165) is 91.4 Å². The number of hydrogen-bond donors (Lipinski definition) is 6. The van der Waals surface area contributed by atoms with E-state index in [1.807, 2.05) is 97.9 Å². The van der Waals surface area contributed by atoms with Crippen molar-refractivity contribution in [1.29, 1.82) is 5.16 Å². The Balaban J connectivity index is 0.000000241. The number of nitrogens with zero attached hydrogens (tertiary/aromatic N) is 22. The summed E-state index contributed by atoms with van der Waals surface area (Å²) < 4.78 is 170. The number of rotatable bonds is 31. The molecule has 0 amide bonds. The van der Waals surface area contributed by atoms with Crippen molar-refractivity contribution >= 4 is 47.2 Å². The Kier molecular flexibility index (Phi) is 32.6. The fraction of sp³-hybridized carbons (Fsp3) is 0.341. The van der Waals surface area contributed by atoms with Crippen LogP contribution in [0.1, 0.15) is 95.0 Å². The normalized spacial score (nSPS) is 15.4. The van der Waals surface area contributed by atoms with E-state index < -0.39 is 133 Å². The molecule has 10 heterocycles. The van der Waals surface area contributed by atoms with Gasteiger partial charge in [-0.2, -0.15) is 27.8 Å². The van der Waals surface area contributed by atoms with Crippen molar-refractivity contribution in [2.24, 2.45) is 0 Å². The van der Waals surface area contributed by atoms with Crippen molar-refractivity contribution in [2.75, 3.05) is 85.2 Å². The van der Waals surface area contributed by atoms with Gasteiger partial charge < -0.3 is 53.8 Å². The van der Waals surface area contributed by atoms with Gasteiger partial charge in [0.15, 0.2) is 11.2 Å². The van der Waals surface area contributed by atoms with E-state index in [4.69, 9.17) is 23.8 Å². The maximum Gasteiger partial charge on any atom is 0.469 e. The zero-order valence-electron chi connectivity index (χ0n) is 70.8. The van der Waals surface area contributed by atoms with Crippen molar-refractivity contribution in [1.82, 2.24) is 89.0 Å². The van der Waals surface area contributed by atoms with Crippen LogP contribution < -0.4 is 31.0 Å². The second-order valence-electron chi connectivity index (χ2n) is 30.2. The van der Waals surface area contributed by atoms with Crippen LogP contribution in [0.3, 0.4) is 0 Å². The fourth-order valence-corrected chi connectivity index (χ4v) is 16.9. The molecule has 2 saturated heterocycles. The van der Waals surface area contributed by atoms with E-state index in [1.165, 1.54) is 64.6 Å². The number of aromatic nitrogens is 18. The highest BCUT2D eigenvalue weighted by atomic mass is 31.2. The van der Waals surface area contributed by atoms with Crippen LogP contribution in [0.15, 0.2) is 223 Å². The van der Waals surface area contributed by atoms with Gasteiger partial charge in [0, 0.05) is 124 Å². The zero-order chi connectivity index (χ0) is 93.5. The van der Waals surface area contributed by atoms with Crippen LogP contribution in [0, 0.1) is 28.4 Å². The van der Waals surface area contributed by atoms with Gasteiger partial charge in [0.2, 0.25) is 0 Å². The molecule has 13 aromatic rings. The average molecular weight is 1880 g/mol. The van der Waals surface area contributed by atoms with Crippen molar-refractivity contribution in [3.63, 3.8) is 0 Å². The number of halogens is 8. The van der Waals surface area contributed by atoms with E-state index >= 15 is 17.6 Å². The third kappa shape index (κ3) is 23.0. The first-order chi connectivity index (χ1) is 62.1. The van der Waals surface area contributed by atoms with Gasteiger partial charge in [-0.3, -0.25) is 24.2 Å². The monoisotopic (exact) mass is 1880 g/mol. The number of phosphoric ester groups is 1. The third-order valence-electron chi connectivity index (χ3n) is 21.8. The number of nitrogens with one attached hydrogen (secondary N) is 1. The molecule has 131 heavy (non-hydrogen) atoms. The molecule has 0 spiro atoms. The van der Waals surface area contributed by atoms with Gasteiger partial charge in [-0.1, -0.05) is 88.0 Å². The topological polar surface area (TPSA) is 418 Å². The maximum atomic E-state index is 16.2. The minimum absolute atomic E-state index is 0. The van der Waals surface area contributed by atoms with Crippen molar-refractivity contribution in [3.05, 3.63) is 286 Å². The lowest BCUT2D eigenvalue weighted by Crippen LogP contribution is -2.48. The van der Waals surface area contributed by atoms with Crippen LogP contribution in [0.5, 0.6) is 0 Å². The SMILES string of the molecule is C.CCO.CC[C@@H]([C@H](C)OP(=O)(O)O)n1ncn(-c2ccc(N3CCN(c4ccc(-c5ccc(C(F)(F)[C@](O)(Cn6cnnn6)c6ccc(F)cc6F)nc5)cc4)CC3)cn2)c1=O.CC[C@@H]([C@H](C)OP(C)(=O)OCc1ccccc1)n1ncn(-c2ccc(N3CCN(c4ccc(-c5ccc(C(F)(F)[C@](O)(Cn6cnnn6)c6ccc(F)cc6F)nc5)cc4)CC3)cn2)c1=O.N=P. The Hall–Kier alpha value is -12.4. The molecule has 2 fully saturated rings. The fourth-order valence-electron chi connectivity index (χ4n) is 15.1. The number of alkyl halides is 4. The summed E-state index contributed by atoms with van der Waals surface area (Å²) in [7, 11) is -6.01. The number of aliphatic hydroxyl groups excluding tert-OH is 1.